The molecule has 0 unspecified atom stereocenters. The monoisotopic (exact) mass is 510 g/mol. The third-order valence-electron chi connectivity index (χ3n) is 5.91. The number of benzene rings is 3. The van der Waals surface area contributed by atoms with Crippen LogP contribution in [0.1, 0.15) is 15.9 Å². The Labute approximate surface area is 206 Å². The van der Waals surface area contributed by atoms with Crippen molar-refractivity contribution in [1.82, 2.24) is 9.88 Å². The predicted molar refractivity (Wildman–Crippen MR) is 136 cm³/mol. The number of piperazine rings is 1. The summed E-state index contributed by atoms with van der Waals surface area (Å²) >= 11 is 1.43. The van der Waals surface area contributed by atoms with Crippen molar-refractivity contribution in [2.75, 3.05) is 35.8 Å². The molecule has 1 saturated heterocycles. The zero-order chi connectivity index (χ0) is 24.6. The number of hydrogen-bond donors (Lipinski definition) is 1. The standard InChI is InChI=1S/C25H23FN4O3S2/c1-17-6-9-19(10-7-17)35(32,33)28-21-5-3-2-4-20(21)24(31)29-12-14-30(15-13-29)25-27-22-11-8-18(26)16-23(22)34-25/h2-11,16,28H,12-15H2,1H3. The molecule has 0 atom stereocenters. The van der Waals surface area contributed by atoms with Gasteiger partial charge in [-0.2, -0.15) is 0 Å². The van der Waals surface area contributed by atoms with Gasteiger partial charge < -0.3 is 9.80 Å². The second-order valence-electron chi connectivity index (χ2n) is 8.35. The molecule has 1 N–H and O–H groups in total. The van der Waals surface area contributed by atoms with E-state index in [1.54, 1.807) is 47.4 Å². The minimum absolute atomic E-state index is 0.134. The van der Waals surface area contributed by atoms with Crippen LogP contribution >= 0.6 is 11.3 Å². The Balaban J connectivity index is 1.30. The molecule has 1 amide bonds. The fourth-order valence-corrected chi connectivity index (χ4v) is 6.09. The number of aryl methyl sites for hydroxylation is 1. The van der Waals surface area contributed by atoms with Crippen LogP contribution in [0.3, 0.4) is 0 Å². The molecule has 2 heterocycles. The quantitative estimate of drug-likeness (QED) is 0.427. The number of aromatic nitrogens is 1. The molecule has 0 radical (unpaired) electrons. The van der Waals surface area contributed by atoms with Crippen molar-refractivity contribution in [1.29, 1.82) is 0 Å². The molecule has 1 aromatic heterocycles. The number of hydrogen-bond acceptors (Lipinski definition) is 6. The summed E-state index contributed by atoms with van der Waals surface area (Å²) in [5, 5.41) is 0.795. The van der Waals surface area contributed by atoms with Gasteiger partial charge in [0.15, 0.2) is 5.13 Å². The van der Waals surface area contributed by atoms with E-state index in [1.165, 1.54) is 35.6 Å². The first-order chi connectivity index (χ1) is 16.8. The zero-order valence-electron chi connectivity index (χ0n) is 18.9. The Morgan fingerprint density at radius 1 is 1.00 bits per heavy atom. The van der Waals surface area contributed by atoms with Gasteiger partial charge in [0.05, 0.1) is 26.4 Å². The highest BCUT2D eigenvalue weighted by atomic mass is 32.2. The third kappa shape index (κ3) is 4.85. The summed E-state index contributed by atoms with van der Waals surface area (Å²) in [6, 6.07) is 17.7. The van der Waals surface area contributed by atoms with Crippen LogP contribution in [0, 0.1) is 12.7 Å². The average Bonchev–Trinajstić information content (AvgIpc) is 3.27. The summed E-state index contributed by atoms with van der Waals surface area (Å²) in [4.78, 5) is 21.8. The number of para-hydroxylation sites is 1. The van der Waals surface area contributed by atoms with Crippen LogP contribution in [0.4, 0.5) is 15.2 Å². The third-order valence-corrected chi connectivity index (χ3v) is 8.37. The van der Waals surface area contributed by atoms with Crippen molar-refractivity contribution in [2.24, 2.45) is 0 Å². The van der Waals surface area contributed by atoms with E-state index < -0.39 is 10.0 Å². The molecule has 0 saturated carbocycles. The van der Waals surface area contributed by atoms with Crippen molar-refractivity contribution in [2.45, 2.75) is 11.8 Å². The lowest BCUT2D eigenvalue weighted by Gasteiger charge is -2.34. The minimum atomic E-state index is -3.84. The lowest BCUT2D eigenvalue weighted by atomic mass is 10.1. The number of fused-ring (bicyclic) bond motifs is 1. The Morgan fingerprint density at radius 3 is 2.46 bits per heavy atom. The van der Waals surface area contributed by atoms with Crippen LogP contribution in [0.25, 0.3) is 10.2 Å². The molecule has 3 aromatic carbocycles. The number of anilines is 2. The van der Waals surface area contributed by atoms with Gasteiger partial charge in [-0.25, -0.2) is 17.8 Å². The Bertz CT molecular complexity index is 1490. The number of nitrogens with zero attached hydrogens (tertiary/aromatic N) is 3. The molecule has 35 heavy (non-hydrogen) atoms. The second-order valence-corrected chi connectivity index (χ2v) is 11.0. The highest BCUT2D eigenvalue weighted by molar-refractivity contribution is 7.92. The number of nitrogens with one attached hydrogen (secondary N) is 1. The number of rotatable bonds is 5. The van der Waals surface area contributed by atoms with Gasteiger partial charge in [0, 0.05) is 26.2 Å². The van der Waals surface area contributed by atoms with E-state index in [-0.39, 0.29) is 22.3 Å². The Morgan fingerprint density at radius 2 is 1.71 bits per heavy atom. The lowest BCUT2D eigenvalue weighted by Crippen LogP contribution is -2.48. The van der Waals surface area contributed by atoms with Gasteiger partial charge in [-0.05, 0) is 49.4 Å². The first kappa shape index (κ1) is 23.3. The summed E-state index contributed by atoms with van der Waals surface area (Å²) in [7, 11) is -3.84. The predicted octanol–water partition coefficient (Wildman–Crippen LogP) is 4.51. The van der Waals surface area contributed by atoms with Gasteiger partial charge in [-0.3, -0.25) is 9.52 Å². The van der Waals surface area contributed by atoms with E-state index in [4.69, 9.17) is 0 Å². The summed E-state index contributed by atoms with van der Waals surface area (Å²) in [6.07, 6.45) is 0. The maximum absolute atomic E-state index is 13.5. The smallest absolute Gasteiger partial charge is 0.261 e. The van der Waals surface area contributed by atoms with Crippen LogP contribution < -0.4 is 9.62 Å². The number of carbonyl (C=O) groups excluding carboxylic acids is 1. The molecule has 4 aromatic rings. The first-order valence-corrected chi connectivity index (χ1v) is 13.4. The van der Waals surface area contributed by atoms with Crippen molar-refractivity contribution >= 4 is 48.3 Å². The summed E-state index contributed by atoms with van der Waals surface area (Å²) in [5.41, 5.74) is 2.25. The number of amides is 1. The molecule has 1 aliphatic heterocycles. The molecular formula is C25H23FN4O3S2. The maximum Gasteiger partial charge on any atom is 0.261 e. The fourth-order valence-electron chi connectivity index (χ4n) is 3.97. The molecule has 7 nitrogen and oxygen atoms in total. The van der Waals surface area contributed by atoms with E-state index in [2.05, 4.69) is 14.6 Å². The van der Waals surface area contributed by atoms with Gasteiger partial charge in [-0.15, -0.1) is 0 Å². The molecule has 0 aliphatic carbocycles. The lowest BCUT2D eigenvalue weighted by molar-refractivity contribution is 0.0748. The summed E-state index contributed by atoms with van der Waals surface area (Å²) in [6.45, 7) is 3.95. The number of thiazole rings is 1. The molecule has 1 fully saturated rings. The zero-order valence-corrected chi connectivity index (χ0v) is 20.6. The van der Waals surface area contributed by atoms with Crippen molar-refractivity contribution in [3.8, 4) is 0 Å². The highest BCUT2D eigenvalue weighted by Gasteiger charge is 2.26. The van der Waals surface area contributed by atoms with Crippen LogP contribution in [0.5, 0.6) is 0 Å². The van der Waals surface area contributed by atoms with Crippen molar-refractivity contribution < 1.29 is 17.6 Å². The van der Waals surface area contributed by atoms with Crippen LogP contribution in [0.2, 0.25) is 0 Å². The molecule has 0 bridgehead atoms. The molecule has 1 aliphatic rings. The van der Waals surface area contributed by atoms with E-state index >= 15 is 0 Å². The average molecular weight is 511 g/mol. The van der Waals surface area contributed by atoms with Crippen LogP contribution in [-0.2, 0) is 10.0 Å². The largest absolute Gasteiger partial charge is 0.345 e. The van der Waals surface area contributed by atoms with Crippen molar-refractivity contribution in [3.05, 3.63) is 83.7 Å². The van der Waals surface area contributed by atoms with Gasteiger partial charge in [0.1, 0.15) is 5.82 Å². The van der Waals surface area contributed by atoms with E-state index in [1.807, 2.05) is 6.92 Å². The maximum atomic E-state index is 13.5. The normalized spacial score (nSPS) is 14.3. The molecular weight excluding hydrogens is 487 g/mol. The molecule has 10 heteroatoms. The van der Waals surface area contributed by atoms with Gasteiger partial charge in [0.25, 0.3) is 15.9 Å². The number of carbonyl (C=O) groups is 1. The van der Waals surface area contributed by atoms with Gasteiger partial charge >= 0.3 is 0 Å². The number of halogens is 1. The molecule has 180 valence electrons. The SMILES string of the molecule is Cc1ccc(S(=O)(=O)Nc2ccccc2C(=O)N2CCN(c3nc4ccc(F)cc4s3)CC2)cc1. The second kappa shape index (κ2) is 9.27. The van der Waals surface area contributed by atoms with Crippen LogP contribution in [-0.4, -0.2) is 50.4 Å². The van der Waals surface area contributed by atoms with Gasteiger partial charge in [0.2, 0.25) is 0 Å². The first-order valence-electron chi connectivity index (χ1n) is 11.1. The Hall–Kier alpha value is -3.50. The topological polar surface area (TPSA) is 82.6 Å². The van der Waals surface area contributed by atoms with Crippen LogP contribution in [0.15, 0.2) is 71.6 Å². The van der Waals surface area contributed by atoms with Crippen molar-refractivity contribution in [3.63, 3.8) is 0 Å². The minimum Gasteiger partial charge on any atom is -0.345 e. The fraction of sp³-hybridized carbons (Fsp3) is 0.200. The molecule has 5 rings (SSSR count). The van der Waals surface area contributed by atoms with Gasteiger partial charge in [-0.1, -0.05) is 41.2 Å². The summed E-state index contributed by atoms with van der Waals surface area (Å²) in [5.74, 6) is -0.530. The Kier molecular flexibility index (Phi) is 6.16. The number of sulfonamides is 1. The summed E-state index contributed by atoms with van der Waals surface area (Å²) < 4.78 is 42.6. The van der Waals surface area contributed by atoms with E-state index in [0.717, 1.165) is 20.9 Å². The van der Waals surface area contributed by atoms with E-state index in [9.17, 15) is 17.6 Å². The highest BCUT2D eigenvalue weighted by Crippen LogP contribution is 2.30. The molecule has 0 spiro atoms. The van der Waals surface area contributed by atoms with E-state index in [0.29, 0.717) is 31.7 Å².